The molecule has 0 spiro atoms. The minimum absolute atomic E-state index is 0.00427. The normalized spacial score (nSPS) is 14.8. The summed E-state index contributed by atoms with van der Waals surface area (Å²) < 4.78 is 10.4. The van der Waals surface area contributed by atoms with Gasteiger partial charge in [0.2, 0.25) is 5.91 Å². The SMILES string of the molecule is COc1ccc(C(=O)Nc2ccc3c(c2)C(C)(C)CC(=O)N3)cc1OC. The first-order valence-electron chi connectivity index (χ1n) is 8.32. The molecular formula is C20H22N2O4. The molecule has 6 heteroatoms. The van der Waals surface area contributed by atoms with Crippen LogP contribution in [0.2, 0.25) is 0 Å². The second kappa shape index (κ2) is 6.71. The van der Waals surface area contributed by atoms with Crippen LogP contribution in [0.4, 0.5) is 11.4 Å². The van der Waals surface area contributed by atoms with Crippen molar-refractivity contribution < 1.29 is 19.1 Å². The van der Waals surface area contributed by atoms with E-state index in [-0.39, 0.29) is 17.2 Å². The highest BCUT2D eigenvalue weighted by Gasteiger charge is 2.32. The molecule has 0 unspecified atom stereocenters. The molecule has 2 N–H and O–H groups in total. The van der Waals surface area contributed by atoms with Crippen molar-refractivity contribution in [3.05, 3.63) is 47.5 Å². The average molecular weight is 354 g/mol. The number of rotatable bonds is 4. The molecule has 6 nitrogen and oxygen atoms in total. The number of carbonyl (C=O) groups excluding carboxylic acids is 2. The van der Waals surface area contributed by atoms with Gasteiger partial charge in [-0.05, 0) is 42.0 Å². The molecule has 0 aliphatic carbocycles. The van der Waals surface area contributed by atoms with Crippen LogP contribution in [-0.2, 0) is 10.2 Å². The fourth-order valence-corrected chi connectivity index (χ4v) is 3.16. The molecule has 1 heterocycles. The molecule has 0 saturated heterocycles. The Kier molecular flexibility index (Phi) is 4.59. The molecule has 3 rings (SSSR count). The van der Waals surface area contributed by atoms with Crippen LogP contribution < -0.4 is 20.1 Å². The number of hydrogen-bond donors (Lipinski definition) is 2. The molecule has 26 heavy (non-hydrogen) atoms. The molecule has 1 aliphatic rings. The number of benzene rings is 2. The largest absolute Gasteiger partial charge is 0.493 e. The predicted octanol–water partition coefficient (Wildman–Crippen LogP) is 3.58. The molecule has 0 aromatic heterocycles. The maximum absolute atomic E-state index is 12.6. The van der Waals surface area contributed by atoms with Crippen molar-refractivity contribution in [2.75, 3.05) is 24.9 Å². The lowest BCUT2D eigenvalue weighted by molar-refractivity contribution is -0.117. The van der Waals surface area contributed by atoms with Crippen LogP contribution in [0.5, 0.6) is 11.5 Å². The Labute approximate surface area is 152 Å². The number of nitrogens with one attached hydrogen (secondary N) is 2. The van der Waals surface area contributed by atoms with Crippen LogP contribution in [0.3, 0.4) is 0 Å². The van der Waals surface area contributed by atoms with Crippen LogP contribution >= 0.6 is 0 Å². The van der Waals surface area contributed by atoms with Crippen molar-refractivity contribution in [1.29, 1.82) is 0 Å². The number of fused-ring (bicyclic) bond motifs is 1. The third-order valence-electron chi connectivity index (χ3n) is 4.53. The van der Waals surface area contributed by atoms with Gasteiger partial charge in [-0.15, -0.1) is 0 Å². The van der Waals surface area contributed by atoms with Crippen molar-refractivity contribution in [3.63, 3.8) is 0 Å². The summed E-state index contributed by atoms with van der Waals surface area (Å²) in [6, 6.07) is 10.5. The summed E-state index contributed by atoms with van der Waals surface area (Å²) in [6.45, 7) is 4.04. The summed E-state index contributed by atoms with van der Waals surface area (Å²) in [4.78, 5) is 24.4. The number of methoxy groups -OCH3 is 2. The zero-order valence-corrected chi connectivity index (χ0v) is 15.3. The quantitative estimate of drug-likeness (QED) is 0.880. The van der Waals surface area contributed by atoms with Crippen molar-refractivity contribution in [2.24, 2.45) is 0 Å². The topological polar surface area (TPSA) is 76.7 Å². The Morgan fingerprint density at radius 1 is 1.08 bits per heavy atom. The number of amides is 2. The van der Waals surface area contributed by atoms with Gasteiger partial charge in [0.25, 0.3) is 5.91 Å². The van der Waals surface area contributed by atoms with Crippen molar-refractivity contribution >= 4 is 23.2 Å². The smallest absolute Gasteiger partial charge is 0.255 e. The van der Waals surface area contributed by atoms with Gasteiger partial charge in [-0.3, -0.25) is 9.59 Å². The fourth-order valence-electron chi connectivity index (χ4n) is 3.16. The van der Waals surface area contributed by atoms with E-state index < -0.39 is 0 Å². The van der Waals surface area contributed by atoms with Gasteiger partial charge in [-0.1, -0.05) is 13.8 Å². The summed E-state index contributed by atoms with van der Waals surface area (Å²) in [6.07, 6.45) is 0.410. The van der Waals surface area contributed by atoms with Gasteiger partial charge in [0, 0.05) is 28.8 Å². The Morgan fingerprint density at radius 2 is 1.81 bits per heavy atom. The molecule has 2 amide bonds. The van der Waals surface area contributed by atoms with E-state index in [1.165, 1.54) is 7.11 Å². The molecule has 2 aromatic rings. The highest BCUT2D eigenvalue weighted by atomic mass is 16.5. The van der Waals surface area contributed by atoms with Crippen LogP contribution in [-0.4, -0.2) is 26.0 Å². The highest BCUT2D eigenvalue weighted by molar-refractivity contribution is 6.05. The van der Waals surface area contributed by atoms with E-state index in [4.69, 9.17) is 9.47 Å². The lowest BCUT2D eigenvalue weighted by atomic mass is 9.78. The Hall–Kier alpha value is -3.02. The lowest BCUT2D eigenvalue weighted by Crippen LogP contribution is -2.32. The lowest BCUT2D eigenvalue weighted by Gasteiger charge is -2.32. The third kappa shape index (κ3) is 3.35. The molecule has 136 valence electrons. The van der Waals surface area contributed by atoms with E-state index in [9.17, 15) is 9.59 Å². The Bertz CT molecular complexity index is 874. The monoisotopic (exact) mass is 354 g/mol. The first kappa shape index (κ1) is 17.8. The maximum atomic E-state index is 12.6. The van der Waals surface area contributed by atoms with E-state index in [2.05, 4.69) is 10.6 Å². The van der Waals surface area contributed by atoms with Crippen LogP contribution in [0.15, 0.2) is 36.4 Å². The van der Waals surface area contributed by atoms with Crippen molar-refractivity contribution in [2.45, 2.75) is 25.7 Å². The molecule has 0 saturated carbocycles. The number of hydrogen-bond acceptors (Lipinski definition) is 4. The van der Waals surface area contributed by atoms with Gasteiger partial charge in [0.1, 0.15) is 0 Å². The van der Waals surface area contributed by atoms with E-state index in [0.717, 1.165) is 11.3 Å². The number of ether oxygens (including phenoxy) is 2. The zero-order chi connectivity index (χ0) is 18.9. The summed E-state index contributed by atoms with van der Waals surface area (Å²) in [5.41, 5.74) is 2.64. The summed E-state index contributed by atoms with van der Waals surface area (Å²) >= 11 is 0. The van der Waals surface area contributed by atoms with Gasteiger partial charge in [-0.25, -0.2) is 0 Å². The number of carbonyl (C=O) groups is 2. The van der Waals surface area contributed by atoms with Crippen molar-refractivity contribution in [1.82, 2.24) is 0 Å². The second-order valence-corrected chi connectivity index (χ2v) is 6.89. The third-order valence-corrected chi connectivity index (χ3v) is 4.53. The van der Waals surface area contributed by atoms with Gasteiger partial charge in [0.05, 0.1) is 14.2 Å². The predicted molar refractivity (Wildman–Crippen MR) is 100 cm³/mol. The maximum Gasteiger partial charge on any atom is 0.255 e. The molecule has 1 aliphatic heterocycles. The standard InChI is InChI=1S/C20H22N2O4/c1-20(2)11-18(23)22-15-7-6-13(10-14(15)20)21-19(24)12-5-8-16(25-3)17(9-12)26-4/h5-10H,11H2,1-4H3,(H,21,24)(H,22,23). The highest BCUT2D eigenvalue weighted by Crippen LogP contribution is 2.38. The molecule has 0 bridgehead atoms. The van der Waals surface area contributed by atoms with E-state index in [1.807, 2.05) is 26.0 Å². The molecule has 0 radical (unpaired) electrons. The molecule has 0 atom stereocenters. The minimum atomic E-state index is -0.290. The average Bonchev–Trinajstić information content (AvgIpc) is 2.60. The fraction of sp³-hybridized carbons (Fsp3) is 0.300. The van der Waals surface area contributed by atoms with E-state index >= 15 is 0 Å². The van der Waals surface area contributed by atoms with Crippen LogP contribution in [0, 0.1) is 0 Å². The summed E-state index contributed by atoms with van der Waals surface area (Å²) in [5.74, 6) is 0.818. The Balaban J connectivity index is 1.86. The summed E-state index contributed by atoms with van der Waals surface area (Å²) in [7, 11) is 3.07. The number of anilines is 2. The van der Waals surface area contributed by atoms with Crippen LogP contribution in [0.25, 0.3) is 0 Å². The zero-order valence-electron chi connectivity index (χ0n) is 15.3. The molecule has 2 aromatic carbocycles. The molecular weight excluding hydrogens is 332 g/mol. The van der Waals surface area contributed by atoms with Gasteiger partial charge in [-0.2, -0.15) is 0 Å². The first-order chi connectivity index (χ1) is 12.3. The van der Waals surface area contributed by atoms with E-state index in [1.54, 1.807) is 31.4 Å². The Morgan fingerprint density at radius 3 is 2.50 bits per heavy atom. The van der Waals surface area contributed by atoms with Gasteiger partial charge in [0.15, 0.2) is 11.5 Å². The first-order valence-corrected chi connectivity index (χ1v) is 8.32. The van der Waals surface area contributed by atoms with Crippen molar-refractivity contribution in [3.8, 4) is 11.5 Å². The van der Waals surface area contributed by atoms with E-state index in [0.29, 0.717) is 29.2 Å². The minimum Gasteiger partial charge on any atom is -0.493 e. The molecule has 0 fully saturated rings. The van der Waals surface area contributed by atoms with Gasteiger partial charge >= 0.3 is 0 Å². The van der Waals surface area contributed by atoms with Gasteiger partial charge < -0.3 is 20.1 Å². The second-order valence-electron chi connectivity index (χ2n) is 6.89. The summed E-state index contributed by atoms with van der Waals surface area (Å²) in [5, 5.41) is 5.77. The van der Waals surface area contributed by atoms with Crippen LogP contribution in [0.1, 0.15) is 36.2 Å².